The standard InChI is InChI=1S/C25H30F3N3O2/c1-5-6-13-24(2)22(17-7-9-18(26)10-8-17)30-31(21-12-11-19(27)16-20(21)28)25(24,3)23(32)29-14-15-33-4/h7-12,16H,5-6,13-15H2,1-4H3,(H,29,32). The number of hydrogen-bond acceptors (Lipinski definition) is 4. The van der Waals surface area contributed by atoms with E-state index in [0.717, 1.165) is 25.0 Å². The zero-order valence-corrected chi connectivity index (χ0v) is 19.4. The van der Waals surface area contributed by atoms with Crippen molar-refractivity contribution >= 4 is 17.3 Å². The molecule has 3 rings (SSSR count). The molecule has 0 aliphatic carbocycles. The quantitative estimate of drug-likeness (QED) is 0.532. The molecule has 0 spiro atoms. The summed E-state index contributed by atoms with van der Waals surface area (Å²) in [6.45, 7) is 6.25. The molecule has 0 radical (unpaired) electrons. The minimum absolute atomic E-state index is 0.0133. The second kappa shape index (κ2) is 9.95. The molecule has 0 saturated heterocycles. The predicted octanol–water partition coefficient (Wildman–Crippen LogP) is 5.05. The molecule has 0 bridgehead atoms. The molecule has 1 heterocycles. The van der Waals surface area contributed by atoms with Gasteiger partial charge in [-0.1, -0.05) is 38.8 Å². The maximum atomic E-state index is 14.9. The molecular weight excluding hydrogens is 431 g/mol. The van der Waals surface area contributed by atoms with Gasteiger partial charge in [-0.15, -0.1) is 0 Å². The van der Waals surface area contributed by atoms with Gasteiger partial charge in [-0.25, -0.2) is 18.2 Å². The maximum absolute atomic E-state index is 14.9. The minimum atomic E-state index is -1.35. The van der Waals surface area contributed by atoms with E-state index in [9.17, 15) is 18.0 Å². The fourth-order valence-corrected chi connectivity index (χ4v) is 4.38. The number of nitrogens with zero attached hydrogens (tertiary/aromatic N) is 2. The summed E-state index contributed by atoms with van der Waals surface area (Å²) >= 11 is 0. The molecule has 2 unspecified atom stereocenters. The van der Waals surface area contributed by atoms with Gasteiger partial charge in [-0.3, -0.25) is 4.79 Å². The van der Waals surface area contributed by atoms with Crippen LogP contribution in [0.25, 0.3) is 0 Å². The molecule has 1 aliphatic rings. The number of ether oxygens (including phenoxy) is 1. The number of nitrogens with one attached hydrogen (secondary N) is 1. The molecule has 1 aliphatic heterocycles. The lowest BCUT2D eigenvalue weighted by Gasteiger charge is -2.44. The molecule has 0 aromatic heterocycles. The fourth-order valence-electron chi connectivity index (χ4n) is 4.38. The summed E-state index contributed by atoms with van der Waals surface area (Å²) < 4.78 is 47.3. The third-order valence-electron chi connectivity index (χ3n) is 6.54. The van der Waals surface area contributed by atoms with Crippen LogP contribution >= 0.6 is 0 Å². The largest absolute Gasteiger partial charge is 0.383 e. The third kappa shape index (κ3) is 4.49. The Balaban J connectivity index is 2.21. The molecular formula is C25H30F3N3O2. The van der Waals surface area contributed by atoms with Crippen molar-refractivity contribution in [3.8, 4) is 0 Å². The van der Waals surface area contributed by atoms with Crippen LogP contribution in [0.4, 0.5) is 18.9 Å². The van der Waals surface area contributed by atoms with Crippen LogP contribution < -0.4 is 10.3 Å². The number of amides is 1. The van der Waals surface area contributed by atoms with Gasteiger partial charge in [0.2, 0.25) is 5.91 Å². The minimum Gasteiger partial charge on any atom is -0.383 e. The van der Waals surface area contributed by atoms with E-state index < -0.39 is 28.4 Å². The fraction of sp³-hybridized carbons (Fsp3) is 0.440. The Kier molecular flexibility index (Phi) is 7.47. The second-order valence-electron chi connectivity index (χ2n) is 8.62. The lowest BCUT2D eigenvalue weighted by molar-refractivity contribution is -0.128. The second-order valence-corrected chi connectivity index (χ2v) is 8.62. The number of carbonyl (C=O) groups excluding carboxylic acids is 1. The van der Waals surface area contributed by atoms with E-state index in [1.807, 2.05) is 13.8 Å². The van der Waals surface area contributed by atoms with Crippen molar-refractivity contribution in [1.29, 1.82) is 0 Å². The van der Waals surface area contributed by atoms with Crippen LogP contribution in [0.1, 0.15) is 45.6 Å². The van der Waals surface area contributed by atoms with Crippen molar-refractivity contribution in [3.63, 3.8) is 0 Å². The van der Waals surface area contributed by atoms with Crippen molar-refractivity contribution in [3.05, 3.63) is 65.5 Å². The summed E-state index contributed by atoms with van der Waals surface area (Å²) in [6.07, 6.45) is 2.24. The van der Waals surface area contributed by atoms with Crippen LogP contribution in [0, 0.1) is 22.9 Å². The van der Waals surface area contributed by atoms with Crippen molar-refractivity contribution in [2.45, 2.75) is 45.6 Å². The van der Waals surface area contributed by atoms with E-state index >= 15 is 0 Å². The van der Waals surface area contributed by atoms with Gasteiger partial charge in [0.25, 0.3) is 0 Å². The number of benzene rings is 2. The Labute approximate surface area is 192 Å². The summed E-state index contributed by atoms with van der Waals surface area (Å²) in [5.41, 5.74) is -1.04. The number of halogens is 3. The average Bonchev–Trinajstić information content (AvgIpc) is 3.02. The Hall–Kier alpha value is -2.87. The molecule has 5 nitrogen and oxygen atoms in total. The van der Waals surface area contributed by atoms with E-state index in [0.29, 0.717) is 24.3 Å². The molecule has 0 saturated carbocycles. The van der Waals surface area contributed by atoms with Crippen molar-refractivity contribution < 1.29 is 22.7 Å². The van der Waals surface area contributed by atoms with Gasteiger partial charge in [0.1, 0.15) is 17.2 Å². The van der Waals surface area contributed by atoms with Crippen molar-refractivity contribution in [1.82, 2.24) is 5.32 Å². The Morgan fingerprint density at radius 3 is 2.36 bits per heavy atom. The highest BCUT2D eigenvalue weighted by Gasteiger charge is 2.61. The lowest BCUT2D eigenvalue weighted by atomic mass is 9.64. The summed E-state index contributed by atoms with van der Waals surface area (Å²) in [6, 6.07) is 9.05. The first-order chi connectivity index (χ1) is 15.7. The maximum Gasteiger partial charge on any atom is 0.248 e. The van der Waals surface area contributed by atoms with E-state index in [-0.39, 0.29) is 18.1 Å². The molecule has 2 atom stereocenters. The highest BCUT2D eigenvalue weighted by molar-refractivity contribution is 6.13. The van der Waals surface area contributed by atoms with Gasteiger partial charge >= 0.3 is 0 Å². The smallest absolute Gasteiger partial charge is 0.248 e. The zero-order chi connectivity index (χ0) is 24.2. The summed E-state index contributed by atoms with van der Waals surface area (Å²) in [5, 5.41) is 8.95. The Morgan fingerprint density at radius 1 is 1.09 bits per heavy atom. The Morgan fingerprint density at radius 2 is 1.76 bits per heavy atom. The van der Waals surface area contributed by atoms with Crippen LogP contribution in [0.3, 0.4) is 0 Å². The van der Waals surface area contributed by atoms with E-state index in [1.165, 1.54) is 30.3 Å². The topological polar surface area (TPSA) is 53.9 Å². The molecule has 178 valence electrons. The van der Waals surface area contributed by atoms with Crippen LogP contribution in [-0.2, 0) is 9.53 Å². The first-order valence-corrected chi connectivity index (χ1v) is 11.1. The summed E-state index contributed by atoms with van der Waals surface area (Å²) in [7, 11) is 1.53. The molecule has 0 fully saturated rings. The van der Waals surface area contributed by atoms with Crippen LogP contribution in [0.5, 0.6) is 0 Å². The van der Waals surface area contributed by atoms with Crippen molar-refractivity contribution in [2.24, 2.45) is 10.5 Å². The predicted molar refractivity (Wildman–Crippen MR) is 123 cm³/mol. The number of rotatable bonds is 9. The van der Waals surface area contributed by atoms with Gasteiger partial charge in [-0.05, 0) is 43.2 Å². The monoisotopic (exact) mass is 461 g/mol. The van der Waals surface area contributed by atoms with Gasteiger partial charge in [0.05, 0.1) is 18.0 Å². The normalized spacial score (nSPS) is 22.4. The summed E-state index contributed by atoms with van der Waals surface area (Å²) in [5.74, 6) is -2.30. The molecule has 8 heteroatoms. The van der Waals surface area contributed by atoms with E-state index in [1.54, 1.807) is 19.1 Å². The first kappa shape index (κ1) is 24.8. The molecule has 2 aromatic carbocycles. The van der Waals surface area contributed by atoms with Gasteiger partial charge in [0, 0.05) is 25.1 Å². The number of hydrazone groups is 1. The lowest BCUT2D eigenvalue weighted by Crippen LogP contribution is -2.63. The van der Waals surface area contributed by atoms with E-state index in [4.69, 9.17) is 9.84 Å². The van der Waals surface area contributed by atoms with Gasteiger partial charge < -0.3 is 10.1 Å². The average molecular weight is 462 g/mol. The zero-order valence-electron chi connectivity index (χ0n) is 19.4. The van der Waals surface area contributed by atoms with Crippen molar-refractivity contribution in [2.75, 3.05) is 25.3 Å². The number of hydrogen-bond donors (Lipinski definition) is 1. The highest BCUT2D eigenvalue weighted by Crippen LogP contribution is 2.50. The Bertz CT molecular complexity index is 1030. The molecule has 2 aromatic rings. The molecule has 33 heavy (non-hydrogen) atoms. The number of unbranched alkanes of at least 4 members (excludes halogenated alkanes) is 1. The highest BCUT2D eigenvalue weighted by atomic mass is 19.1. The number of carbonyl (C=O) groups is 1. The molecule has 1 N–H and O–H groups in total. The van der Waals surface area contributed by atoms with Crippen LogP contribution in [0.15, 0.2) is 47.6 Å². The van der Waals surface area contributed by atoms with Gasteiger partial charge in [-0.2, -0.15) is 5.10 Å². The van der Waals surface area contributed by atoms with Crippen LogP contribution in [-0.4, -0.2) is 37.4 Å². The van der Waals surface area contributed by atoms with E-state index in [2.05, 4.69) is 5.32 Å². The number of methoxy groups -OCH3 is 1. The van der Waals surface area contributed by atoms with Gasteiger partial charge in [0.15, 0.2) is 5.82 Å². The molecule has 1 amide bonds. The first-order valence-electron chi connectivity index (χ1n) is 11.1. The number of anilines is 1. The SMILES string of the molecule is CCCCC1(C)C(c2ccc(F)cc2)=NN(c2ccc(F)cc2F)C1(C)C(=O)NCCOC. The summed E-state index contributed by atoms with van der Waals surface area (Å²) in [4.78, 5) is 13.7. The van der Waals surface area contributed by atoms with Crippen LogP contribution in [0.2, 0.25) is 0 Å². The third-order valence-corrected chi connectivity index (χ3v) is 6.54.